The molecule has 4 rings (SSSR count). The van der Waals surface area contributed by atoms with Gasteiger partial charge in [-0.15, -0.1) is 0 Å². The van der Waals surface area contributed by atoms with Crippen LogP contribution in [0.2, 0.25) is 0 Å². The quantitative estimate of drug-likeness (QED) is 0.815. The highest BCUT2D eigenvalue weighted by Crippen LogP contribution is 2.32. The lowest BCUT2D eigenvalue weighted by Gasteiger charge is -2.44. The third-order valence-corrected chi connectivity index (χ3v) is 6.79. The molecule has 1 aromatic heterocycles. The van der Waals surface area contributed by atoms with E-state index in [9.17, 15) is 9.59 Å². The van der Waals surface area contributed by atoms with Gasteiger partial charge in [0.15, 0.2) is 0 Å². The van der Waals surface area contributed by atoms with Gasteiger partial charge in [0.1, 0.15) is 11.2 Å². The van der Waals surface area contributed by atoms with Gasteiger partial charge in [0.2, 0.25) is 5.91 Å². The van der Waals surface area contributed by atoms with Gasteiger partial charge in [-0.2, -0.15) is 0 Å². The number of nitrogens with zero attached hydrogens (tertiary/aromatic N) is 2. The molecule has 1 aliphatic heterocycles. The fourth-order valence-electron chi connectivity index (χ4n) is 4.98. The second-order valence-electron chi connectivity index (χ2n) is 8.91. The monoisotopic (exact) mass is 411 g/mol. The van der Waals surface area contributed by atoms with Gasteiger partial charge in [-0.25, -0.2) is 0 Å². The van der Waals surface area contributed by atoms with Crippen LogP contribution in [0.5, 0.6) is 0 Å². The van der Waals surface area contributed by atoms with Crippen molar-refractivity contribution in [2.45, 2.75) is 70.0 Å². The molecule has 1 N–H and O–H groups in total. The molecule has 0 spiro atoms. The van der Waals surface area contributed by atoms with E-state index in [1.807, 2.05) is 41.8 Å². The molecule has 2 heterocycles. The predicted molar refractivity (Wildman–Crippen MR) is 118 cm³/mol. The number of nitrogens with one attached hydrogen (secondary N) is 1. The van der Waals surface area contributed by atoms with Crippen LogP contribution in [0, 0.1) is 0 Å². The lowest BCUT2D eigenvalue weighted by molar-refractivity contribution is -0.134. The number of carbonyl (C=O) groups is 2. The number of fused-ring (bicyclic) bond motifs is 3. The maximum absolute atomic E-state index is 13.6. The summed E-state index contributed by atoms with van der Waals surface area (Å²) in [4.78, 5) is 28.8. The first kappa shape index (κ1) is 20.9. The van der Waals surface area contributed by atoms with E-state index >= 15 is 0 Å². The number of carbonyl (C=O) groups excluding carboxylic acids is 2. The summed E-state index contributed by atoms with van der Waals surface area (Å²) >= 11 is 0. The Morgan fingerprint density at radius 2 is 1.87 bits per heavy atom. The largest absolute Gasteiger partial charge is 0.383 e. The number of para-hydroxylation sites is 1. The molecule has 1 atom stereocenters. The maximum atomic E-state index is 13.6. The number of ether oxygens (including phenoxy) is 1. The Morgan fingerprint density at radius 1 is 1.17 bits per heavy atom. The Kier molecular flexibility index (Phi) is 6.14. The van der Waals surface area contributed by atoms with Crippen LogP contribution < -0.4 is 5.32 Å². The number of amides is 2. The third-order valence-electron chi connectivity index (χ3n) is 6.79. The first-order chi connectivity index (χ1) is 14.5. The Bertz CT molecular complexity index is 914. The summed E-state index contributed by atoms with van der Waals surface area (Å²) in [7, 11) is 1.62. The molecular weight excluding hydrogens is 378 g/mol. The molecule has 1 unspecified atom stereocenters. The van der Waals surface area contributed by atoms with Crippen molar-refractivity contribution in [3.63, 3.8) is 0 Å². The van der Waals surface area contributed by atoms with Gasteiger partial charge in [-0.05, 0) is 31.9 Å². The van der Waals surface area contributed by atoms with Gasteiger partial charge in [0.05, 0.1) is 13.2 Å². The molecular formula is C24H33N3O3. The zero-order valence-corrected chi connectivity index (χ0v) is 18.2. The van der Waals surface area contributed by atoms with E-state index in [0.29, 0.717) is 25.4 Å². The van der Waals surface area contributed by atoms with Gasteiger partial charge in [0.25, 0.3) is 5.91 Å². The highest BCUT2D eigenvalue weighted by Gasteiger charge is 2.47. The summed E-state index contributed by atoms with van der Waals surface area (Å²) < 4.78 is 7.27. The van der Waals surface area contributed by atoms with Crippen molar-refractivity contribution in [3.05, 3.63) is 36.0 Å². The molecule has 1 fully saturated rings. The minimum Gasteiger partial charge on any atom is -0.383 e. The van der Waals surface area contributed by atoms with Gasteiger partial charge >= 0.3 is 0 Å². The van der Waals surface area contributed by atoms with Crippen LogP contribution in [-0.4, -0.2) is 53.1 Å². The van der Waals surface area contributed by atoms with Gasteiger partial charge in [0, 0.05) is 30.6 Å². The third kappa shape index (κ3) is 3.85. The van der Waals surface area contributed by atoms with Crippen molar-refractivity contribution >= 4 is 22.7 Å². The van der Waals surface area contributed by atoms with E-state index in [1.165, 1.54) is 19.3 Å². The Labute approximate surface area is 178 Å². The molecule has 162 valence electrons. The number of hydrogen-bond donors (Lipinski definition) is 1. The summed E-state index contributed by atoms with van der Waals surface area (Å²) in [6, 6.07) is 10.1. The van der Waals surface area contributed by atoms with Crippen molar-refractivity contribution in [1.82, 2.24) is 14.8 Å². The van der Waals surface area contributed by atoms with Crippen molar-refractivity contribution in [3.8, 4) is 0 Å². The number of hydrogen-bond acceptors (Lipinski definition) is 3. The van der Waals surface area contributed by atoms with Gasteiger partial charge < -0.3 is 19.5 Å². The highest BCUT2D eigenvalue weighted by atomic mass is 16.5. The molecule has 0 saturated heterocycles. The lowest BCUT2D eigenvalue weighted by atomic mass is 9.92. The second kappa shape index (κ2) is 8.80. The smallest absolute Gasteiger partial charge is 0.271 e. The summed E-state index contributed by atoms with van der Waals surface area (Å²) in [5, 5.41) is 4.33. The minimum absolute atomic E-state index is 0.0547. The minimum atomic E-state index is -0.952. The van der Waals surface area contributed by atoms with E-state index in [4.69, 9.17) is 4.74 Å². The standard InChI is InChI=1S/C24H33N3O3/c1-24(23(29)25-19-11-6-4-3-5-7-12-19)17-26-20-13-9-8-10-18(20)16-21(26)22(28)27(24)14-15-30-2/h8-10,13,16,19H,3-7,11-12,14-15,17H2,1-2H3,(H,25,29). The second-order valence-corrected chi connectivity index (χ2v) is 8.91. The van der Waals surface area contributed by atoms with Crippen LogP contribution in [0.1, 0.15) is 62.4 Å². The van der Waals surface area contributed by atoms with Crippen LogP contribution in [0.25, 0.3) is 10.9 Å². The van der Waals surface area contributed by atoms with Crippen LogP contribution in [0.15, 0.2) is 30.3 Å². The molecule has 0 radical (unpaired) electrons. The molecule has 1 saturated carbocycles. The molecule has 1 aliphatic carbocycles. The number of benzene rings is 1. The fraction of sp³-hybridized carbons (Fsp3) is 0.583. The molecule has 2 aromatic rings. The van der Waals surface area contributed by atoms with Crippen molar-refractivity contribution in [2.24, 2.45) is 0 Å². The van der Waals surface area contributed by atoms with Crippen LogP contribution in [0.4, 0.5) is 0 Å². The molecule has 30 heavy (non-hydrogen) atoms. The van der Waals surface area contributed by atoms with Crippen molar-refractivity contribution in [2.75, 3.05) is 20.3 Å². The number of aromatic nitrogens is 1. The Morgan fingerprint density at radius 3 is 2.60 bits per heavy atom. The zero-order valence-electron chi connectivity index (χ0n) is 18.2. The first-order valence-corrected chi connectivity index (χ1v) is 11.2. The molecule has 1 aromatic carbocycles. The normalized spacial score (nSPS) is 23.1. The number of rotatable bonds is 5. The van der Waals surface area contributed by atoms with Crippen molar-refractivity contribution < 1.29 is 14.3 Å². The zero-order chi connectivity index (χ0) is 21.1. The summed E-state index contributed by atoms with van der Waals surface area (Å²) in [5.41, 5.74) is 0.688. The summed E-state index contributed by atoms with van der Waals surface area (Å²) in [6.45, 7) is 3.14. The molecule has 2 aliphatic rings. The van der Waals surface area contributed by atoms with E-state index in [-0.39, 0.29) is 17.9 Å². The highest BCUT2D eigenvalue weighted by molar-refractivity contribution is 6.03. The van der Waals surface area contributed by atoms with Crippen LogP contribution in [0.3, 0.4) is 0 Å². The average Bonchev–Trinajstić information content (AvgIpc) is 3.08. The summed E-state index contributed by atoms with van der Waals surface area (Å²) in [6.07, 6.45) is 8.11. The van der Waals surface area contributed by atoms with Crippen LogP contribution >= 0.6 is 0 Å². The number of methoxy groups -OCH3 is 1. The SMILES string of the molecule is COCCN1C(=O)c2cc3ccccc3n2CC1(C)C(=O)NC1CCCCCCC1. The topological polar surface area (TPSA) is 63.6 Å². The molecule has 2 amide bonds. The average molecular weight is 412 g/mol. The fourth-order valence-corrected chi connectivity index (χ4v) is 4.98. The summed E-state index contributed by atoms with van der Waals surface area (Å²) in [5.74, 6) is -0.161. The predicted octanol–water partition coefficient (Wildman–Crippen LogP) is 3.73. The van der Waals surface area contributed by atoms with Crippen LogP contribution in [-0.2, 0) is 16.1 Å². The molecule has 6 heteroatoms. The van der Waals surface area contributed by atoms with E-state index < -0.39 is 5.54 Å². The lowest BCUT2D eigenvalue weighted by Crippen LogP contribution is -2.65. The van der Waals surface area contributed by atoms with Gasteiger partial charge in [-0.1, -0.05) is 50.3 Å². The Balaban J connectivity index is 1.65. The van der Waals surface area contributed by atoms with E-state index in [0.717, 1.165) is 36.6 Å². The van der Waals surface area contributed by atoms with E-state index in [2.05, 4.69) is 5.32 Å². The molecule has 6 nitrogen and oxygen atoms in total. The molecule has 0 bridgehead atoms. The Hall–Kier alpha value is -2.34. The van der Waals surface area contributed by atoms with E-state index in [1.54, 1.807) is 12.0 Å². The van der Waals surface area contributed by atoms with Gasteiger partial charge in [-0.3, -0.25) is 9.59 Å². The first-order valence-electron chi connectivity index (χ1n) is 11.2. The maximum Gasteiger partial charge on any atom is 0.271 e. The van der Waals surface area contributed by atoms with Crippen molar-refractivity contribution in [1.29, 1.82) is 0 Å².